The smallest absolute Gasteiger partial charge is 0.125 e. The van der Waals surface area contributed by atoms with Crippen LogP contribution in [-0.4, -0.2) is 21.7 Å². The molecule has 1 unspecified atom stereocenters. The van der Waals surface area contributed by atoms with Gasteiger partial charge in [0.25, 0.3) is 0 Å². The van der Waals surface area contributed by atoms with Crippen LogP contribution in [0.4, 0.5) is 0 Å². The number of aryl methyl sites for hydroxylation is 1. The van der Waals surface area contributed by atoms with E-state index in [1.165, 1.54) is 0 Å². The molecule has 0 radical (unpaired) electrons. The number of aliphatic hydroxyl groups is 1. The third kappa shape index (κ3) is 3.35. The Morgan fingerprint density at radius 3 is 2.67 bits per heavy atom. The molecule has 0 fully saturated rings. The molecule has 18 heavy (non-hydrogen) atoms. The number of hydrogen-bond donors (Lipinski definition) is 2. The molecule has 0 spiro atoms. The average Bonchev–Trinajstić information content (AvgIpc) is 2.41. The Hall–Kier alpha value is -1.78. The molecule has 1 aromatic carbocycles. The summed E-state index contributed by atoms with van der Waals surface area (Å²) in [6, 6.07) is 11.7. The van der Waals surface area contributed by atoms with Gasteiger partial charge in [-0.25, -0.2) is 9.97 Å². The van der Waals surface area contributed by atoms with Crippen molar-refractivity contribution in [1.82, 2.24) is 15.3 Å². The average molecular weight is 243 g/mol. The fourth-order valence-electron chi connectivity index (χ4n) is 1.80. The van der Waals surface area contributed by atoms with E-state index in [1.54, 1.807) is 6.20 Å². The monoisotopic (exact) mass is 243 g/mol. The van der Waals surface area contributed by atoms with Crippen molar-refractivity contribution in [2.24, 2.45) is 0 Å². The first-order chi connectivity index (χ1) is 8.79. The van der Waals surface area contributed by atoms with E-state index in [-0.39, 0.29) is 12.6 Å². The summed E-state index contributed by atoms with van der Waals surface area (Å²) < 4.78 is 0. The minimum atomic E-state index is -0.0681. The Morgan fingerprint density at radius 2 is 2.00 bits per heavy atom. The molecule has 0 amide bonds. The first kappa shape index (κ1) is 12.7. The molecule has 1 aromatic heterocycles. The Balaban J connectivity index is 2.00. The molecule has 0 saturated carbocycles. The van der Waals surface area contributed by atoms with Gasteiger partial charge in [-0.15, -0.1) is 0 Å². The van der Waals surface area contributed by atoms with Gasteiger partial charge < -0.3 is 10.4 Å². The maximum atomic E-state index is 9.42. The van der Waals surface area contributed by atoms with Gasteiger partial charge in [0.15, 0.2) is 0 Å². The van der Waals surface area contributed by atoms with E-state index in [0.717, 1.165) is 17.1 Å². The summed E-state index contributed by atoms with van der Waals surface area (Å²) in [5.74, 6) is 0.759. The second-order valence-corrected chi connectivity index (χ2v) is 4.12. The molecule has 2 N–H and O–H groups in total. The summed E-state index contributed by atoms with van der Waals surface area (Å²) in [5.41, 5.74) is 2.00. The molecule has 1 atom stereocenters. The largest absolute Gasteiger partial charge is 0.394 e. The van der Waals surface area contributed by atoms with Crippen LogP contribution in [0, 0.1) is 6.92 Å². The molecule has 4 nitrogen and oxygen atoms in total. The van der Waals surface area contributed by atoms with Gasteiger partial charge >= 0.3 is 0 Å². The summed E-state index contributed by atoms with van der Waals surface area (Å²) in [6.45, 7) is 2.54. The summed E-state index contributed by atoms with van der Waals surface area (Å²) in [7, 11) is 0. The van der Waals surface area contributed by atoms with Gasteiger partial charge in [-0.2, -0.15) is 0 Å². The van der Waals surface area contributed by atoms with Crippen LogP contribution in [0.15, 0.2) is 42.6 Å². The fourth-order valence-corrected chi connectivity index (χ4v) is 1.80. The van der Waals surface area contributed by atoms with Crippen LogP contribution in [0.1, 0.15) is 23.1 Å². The first-order valence-electron chi connectivity index (χ1n) is 5.97. The van der Waals surface area contributed by atoms with Crippen molar-refractivity contribution in [3.05, 3.63) is 59.7 Å². The topological polar surface area (TPSA) is 58.0 Å². The number of nitrogens with one attached hydrogen (secondary N) is 1. The second-order valence-electron chi connectivity index (χ2n) is 4.12. The number of benzene rings is 1. The molecule has 0 aliphatic rings. The van der Waals surface area contributed by atoms with Crippen LogP contribution in [0.5, 0.6) is 0 Å². The quantitative estimate of drug-likeness (QED) is 0.837. The van der Waals surface area contributed by atoms with Gasteiger partial charge in [-0.1, -0.05) is 30.3 Å². The van der Waals surface area contributed by atoms with Crippen LogP contribution in [0.25, 0.3) is 0 Å². The van der Waals surface area contributed by atoms with E-state index in [4.69, 9.17) is 0 Å². The molecule has 4 heteroatoms. The minimum Gasteiger partial charge on any atom is -0.394 e. The van der Waals surface area contributed by atoms with Crippen LogP contribution >= 0.6 is 0 Å². The summed E-state index contributed by atoms with van der Waals surface area (Å²) >= 11 is 0. The summed E-state index contributed by atoms with van der Waals surface area (Å²) in [5, 5.41) is 12.7. The van der Waals surface area contributed by atoms with E-state index in [9.17, 15) is 5.11 Å². The van der Waals surface area contributed by atoms with Gasteiger partial charge in [0.2, 0.25) is 0 Å². The molecule has 94 valence electrons. The normalized spacial score (nSPS) is 12.3. The van der Waals surface area contributed by atoms with Crippen LogP contribution in [0.3, 0.4) is 0 Å². The van der Waals surface area contributed by atoms with Gasteiger partial charge in [0, 0.05) is 12.7 Å². The Labute approximate surface area is 107 Å². The van der Waals surface area contributed by atoms with Gasteiger partial charge in [-0.3, -0.25) is 0 Å². The molecule has 0 saturated heterocycles. The Morgan fingerprint density at radius 1 is 1.22 bits per heavy atom. The molecule has 0 aliphatic carbocycles. The highest BCUT2D eigenvalue weighted by Gasteiger charge is 2.09. The van der Waals surface area contributed by atoms with E-state index in [1.807, 2.05) is 43.3 Å². The molecule has 1 heterocycles. The van der Waals surface area contributed by atoms with Gasteiger partial charge in [0.05, 0.1) is 18.3 Å². The lowest BCUT2D eigenvalue weighted by atomic mass is 10.1. The molecule has 0 aliphatic heterocycles. The molecular weight excluding hydrogens is 226 g/mol. The van der Waals surface area contributed by atoms with Crippen molar-refractivity contribution in [1.29, 1.82) is 0 Å². The van der Waals surface area contributed by atoms with Crippen LogP contribution < -0.4 is 5.32 Å². The zero-order chi connectivity index (χ0) is 12.8. The van der Waals surface area contributed by atoms with E-state index in [0.29, 0.717) is 6.54 Å². The first-order valence-corrected chi connectivity index (χ1v) is 5.97. The number of aromatic nitrogens is 2. The fraction of sp³-hybridized carbons (Fsp3) is 0.286. The minimum absolute atomic E-state index is 0.0636. The van der Waals surface area contributed by atoms with Crippen LogP contribution in [-0.2, 0) is 6.54 Å². The van der Waals surface area contributed by atoms with Crippen molar-refractivity contribution in [2.45, 2.75) is 19.5 Å². The number of hydrogen-bond acceptors (Lipinski definition) is 4. The molecule has 2 rings (SSSR count). The standard InChI is InChI=1S/C14H17N3O/c1-11-15-8-7-13(17-11)9-16-14(10-18)12-5-3-2-4-6-12/h2-8,14,16,18H,9-10H2,1H3. The molecule has 2 aromatic rings. The summed E-state index contributed by atoms with van der Waals surface area (Å²) in [4.78, 5) is 8.37. The highest BCUT2D eigenvalue weighted by atomic mass is 16.3. The zero-order valence-corrected chi connectivity index (χ0v) is 10.4. The van der Waals surface area contributed by atoms with Crippen molar-refractivity contribution in [3.63, 3.8) is 0 Å². The Bertz CT molecular complexity index is 487. The lowest BCUT2D eigenvalue weighted by Gasteiger charge is -2.16. The number of aliphatic hydroxyl groups excluding tert-OH is 1. The molecule has 0 bridgehead atoms. The maximum Gasteiger partial charge on any atom is 0.125 e. The van der Waals surface area contributed by atoms with Crippen molar-refractivity contribution >= 4 is 0 Å². The second kappa shape index (κ2) is 6.23. The SMILES string of the molecule is Cc1nccc(CNC(CO)c2ccccc2)n1. The highest BCUT2D eigenvalue weighted by molar-refractivity contribution is 5.19. The molecular formula is C14H17N3O. The predicted octanol–water partition coefficient (Wildman–Crippen LogP) is 1.61. The third-order valence-electron chi connectivity index (χ3n) is 2.75. The van der Waals surface area contributed by atoms with Crippen LogP contribution in [0.2, 0.25) is 0 Å². The third-order valence-corrected chi connectivity index (χ3v) is 2.75. The van der Waals surface area contributed by atoms with E-state index in [2.05, 4.69) is 15.3 Å². The van der Waals surface area contributed by atoms with Crippen molar-refractivity contribution < 1.29 is 5.11 Å². The highest BCUT2D eigenvalue weighted by Crippen LogP contribution is 2.12. The Kier molecular flexibility index (Phi) is 4.39. The van der Waals surface area contributed by atoms with Gasteiger partial charge in [-0.05, 0) is 18.6 Å². The lowest BCUT2D eigenvalue weighted by Crippen LogP contribution is -2.24. The number of nitrogens with zero attached hydrogens (tertiary/aromatic N) is 2. The van der Waals surface area contributed by atoms with Crippen molar-refractivity contribution in [3.8, 4) is 0 Å². The van der Waals surface area contributed by atoms with E-state index >= 15 is 0 Å². The van der Waals surface area contributed by atoms with Crippen molar-refractivity contribution in [2.75, 3.05) is 6.61 Å². The van der Waals surface area contributed by atoms with Gasteiger partial charge in [0.1, 0.15) is 5.82 Å². The lowest BCUT2D eigenvalue weighted by molar-refractivity contribution is 0.243. The number of rotatable bonds is 5. The van der Waals surface area contributed by atoms with E-state index < -0.39 is 0 Å². The maximum absolute atomic E-state index is 9.42. The summed E-state index contributed by atoms with van der Waals surface area (Å²) in [6.07, 6.45) is 1.75. The predicted molar refractivity (Wildman–Crippen MR) is 69.9 cm³/mol. The zero-order valence-electron chi connectivity index (χ0n) is 10.4.